The number of esters is 1. The predicted molar refractivity (Wildman–Crippen MR) is 136 cm³/mol. The maximum absolute atomic E-state index is 12.4. The molecule has 0 radical (unpaired) electrons. The lowest BCUT2D eigenvalue weighted by Gasteiger charge is -2.67. The maximum atomic E-state index is 12.4. The van der Waals surface area contributed by atoms with Crippen molar-refractivity contribution in [3.63, 3.8) is 0 Å². The van der Waals surface area contributed by atoms with Gasteiger partial charge in [0, 0.05) is 18.8 Å². The van der Waals surface area contributed by atoms with Gasteiger partial charge >= 0.3 is 5.97 Å². The zero-order chi connectivity index (χ0) is 25.1. The molecule has 34 heavy (non-hydrogen) atoms. The van der Waals surface area contributed by atoms with Crippen molar-refractivity contribution in [1.29, 1.82) is 0 Å². The molecule has 0 aliphatic heterocycles. The third kappa shape index (κ3) is 3.99. The van der Waals surface area contributed by atoms with E-state index in [1.165, 1.54) is 13.3 Å². The molecule has 0 aromatic heterocycles. The number of rotatable bonds is 5. The SMILES string of the molecule is CC(=O)O[C@@H]1CC[C@]2(C)[C@@H]3CC[C@]4(C)[C@H]([C@H](C)/C=C/[C@H](C)C(C)C)CC[C@@H]4[C@@]3(O)CC[C@@]2(O)C1. The van der Waals surface area contributed by atoms with E-state index in [9.17, 15) is 15.0 Å². The van der Waals surface area contributed by atoms with E-state index < -0.39 is 11.2 Å². The van der Waals surface area contributed by atoms with Gasteiger partial charge in [-0.1, -0.05) is 53.7 Å². The van der Waals surface area contributed by atoms with Crippen LogP contribution in [0.3, 0.4) is 0 Å². The summed E-state index contributed by atoms with van der Waals surface area (Å²) in [7, 11) is 0. The summed E-state index contributed by atoms with van der Waals surface area (Å²) in [5.41, 5.74) is -1.74. The number of allylic oxidation sites excluding steroid dienone is 2. The standard InChI is InChI=1S/C30H50O4/c1-19(2)20(3)8-9-21(4)24-10-11-25-27(24,6)14-13-26-28(7)15-12-23(34-22(5)31)18-29(28,32)16-17-30(25,26)33/h8-9,19-21,23-26,32-33H,10-18H2,1-7H3/b9-8+/t20-,21+,23+,24-,25-,26-,27+,28+,29+,30-/m0/s1. The van der Waals surface area contributed by atoms with E-state index in [1.54, 1.807) is 0 Å². The van der Waals surface area contributed by atoms with Crippen molar-refractivity contribution in [3.05, 3.63) is 12.2 Å². The second kappa shape index (κ2) is 8.91. The molecule has 4 saturated carbocycles. The lowest BCUT2D eigenvalue weighted by atomic mass is 9.41. The van der Waals surface area contributed by atoms with Gasteiger partial charge < -0.3 is 14.9 Å². The second-order valence-corrected chi connectivity index (χ2v) is 13.6. The highest BCUT2D eigenvalue weighted by atomic mass is 16.5. The fourth-order valence-corrected chi connectivity index (χ4v) is 9.22. The Labute approximate surface area is 207 Å². The fraction of sp³-hybridized carbons (Fsp3) is 0.900. The van der Waals surface area contributed by atoms with Gasteiger partial charge in [-0.25, -0.2) is 0 Å². The van der Waals surface area contributed by atoms with Gasteiger partial charge in [0.05, 0.1) is 11.2 Å². The molecule has 4 heteroatoms. The van der Waals surface area contributed by atoms with Gasteiger partial charge in [-0.3, -0.25) is 4.79 Å². The average molecular weight is 475 g/mol. The Morgan fingerprint density at radius 2 is 1.62 bits per heavy atom. The first-order chi connectivity index (χ1) is 15.8. The summed E-state index contributed by atoms with van der Waals surface area (Å²) >= 11 is 0. The Hall–Kier alpha value is -0.870. The van der Waals surface area contributed by atoms with Crippen molar-refractivity contribution in [2.24, 2.45) is 46.3 Å². The number of fused-ring (bicyclic) bond motifs is 5. The highest BCUT2D eigenvalue weighted by molar-refractivity contribution is 5.66. The number of carbonyl (C=O) groups excluding carboxylic acids is 1. The van der Waals surface area contributed by atoms with Crippen LogP contribution in [0.15, 0.2) is 12.2 Å². The first-order valence-corrected chi connectivity index (χ1v) is 14.1. The van der Waals surface area contributed by atoms with E-state index in [-0.39, 0.29) is 28.8 Å². The summed E-state index contributed by atoms with van der Waals surface area (Å²) in [5, 5.41) is 24.3. The van der Waals surface area contributed by atoms with E-state index >= 15 is 0 Å². The van der Waals surface area contributed by atoms with Crippen LogP contribution >= 0.6 is 0 Å². The zero-order valence-corrected chi connectivity index (χ0v) is 22.8. The third-order valence-corrected chi connectivity index (χ3v) is 11.6. The van der Waals surface area contributed by atoms with Crippen LogP contribution < -0.4 is 0 Å². The van der Waals surface area contributed by atoms with Gasteiger partial charge in [0.15, 0.2) is 0 Å². The summed E-state index contributed by atoms with van der Waals surface area (Å²) < 4.78 is 5.52. The first-order valence-electron chi connectivity index (χ1n) is 14.1. The molecule has 0 heterocycles. The largest absolute Gasteiger partial charge is 0.462 e. The molecular formula is C30H50O4. The first kappa shape index (κ1) is 26.2. The molecule has 0 unspecified atom stereocenters. The highest BCUT2D eigenvalue weighted by Gasteiger charge is 2.70. The van der Waals surface area contributed by atoms with E-state index in [4.69, 9.17) is 4.74 Å². The highest BCUT2D eigenvalue weighted by Crippen LogP contribution is 2.70. The number of carbonyl (C=O) groups is 1. The lowest BCUT2D eigenvalue weighted by Crippen LogP contribution is -2.69. The van der Waals surface area contributed by atoms with Crippen LogP contribution in [0.25, 0.3) is 0 Å². The minimum atomic E-state index is -0.864. The quantitative estimate of drug-likeness (QED) is 0.363. The van der Waals surface area contributed by atoms with Crippen LogP contribution in [0, 0.1) is 46.3 Å². The molecule has 4 rings (SSSR count). The molecule has 4 nitrogen and oxygen atoms in total. The maximum Gasteiger partial charge on any atom is 0.302 e. The average Bonchev–Trinajstić information content (AvgIpc) is 3.11. The molecule has 4 fully saturated rings. The zero-order valence-electron chi connectivity index (χ0n) is 22.8. The molecule has 4 aliphatic carbocycles. The van der Waals surface area contributed by atoms with E-state index in [0.29, 0.717) is 48.9 Å². The molecule has 194 valence electrons. The molecular weight excluding hydrogens is 424 g/mol. The number of ether oxygens (including phenoxy) is 1. The summed E-state index contributed by atoms with van der Waals surface area (Å²) in [4.78, 5) is 11.5. The Morgan fingerprint density at radius 3 is 2.26 bits per heavy atom. The third-order valence-electron chi connectivity index (χ3n) is 11.6. The number of hydrogen-bond acceptors (Lipinski definition) is 4. The van der Waals surface area contributed by atoms with Crippen LogP contribution in [0.2, 0.25) is 0 Å². The number of hydrogen-bond donors (Lipinski definition) is 2. The van der Waals surface area contributed by atoms with Gasteiger partial charge in [-0.15, -0.1) is 0 Å². The van der Waals surface area contributed by atoms with E-state index in [1.807, 2.05) is 0 Å². The molecule has 0 spiro atoms. The van der Waals surface area contributed by atoms with Gasteiger partial charge in [0.1, 0.15) is 6.10 Å². The molecule has 10 atom stereocenters. The summed E-state index contributed by atoms with van der Waals surface area (Å²) in [6.45, 7) is 15.4. The Morgan fingerprint density at radius 1 is 0.912 bits per heavy atom. The van der Waals surface area contributed by atoms with E-state index in [2.05, 4.69) is 53.7 Å². The van der Waals surface area contributed by atoms with Crippen molar-refractivity contribution in [2.45, 2.75) is 124 Å². The van der Waals surface area contributed by atoms with Crippen molar-refractivity contribution in [2.75, 3.05) is 0 Å². The molecule has 0 bridgehead atoms. The van der Waals surface area contributed by atoms with Crippen molar-refractivity contribution >= 4 is 5.97 Å². The second-order valence-electron chi connectivity index (χ2n) is 13.6. The Balaban J connectivity index is 1.56. The molecule has 2 N–H and O–H groups in total. The minimum Gasteiger partial charge on any atom is -0.462 e. The van der Waals surface area contributed by atoms with Crippen LogP contribution in [-0.2, 0) is 9.53 Å². The lowest BCUT2D eigenvalue weighted by molar-refractivity contribution is -0.277. The van der Waals surface area contributed by atoms with Crippen LogP contribution in [0.5, 0.6) is 0 Å². The monoisotopic (exact) mass is 474 g/mol. The topological polar surface area (TPSA) is 66.8 Å². The number of aliphatic hydroxyl groups is 2. The van der Waals surface area contributed by atoms with Crippen LogP contribution in [-0.4, -0.2) is 33.5 Å². The molecule has 0 aromatic carbocycles. The Kier molecular flexibility index (Phi) is 6.86. The molecule has 0 amide bonds. The van der Waals surface area contributed by atoms with Crippen molar-refractivity contribution in [3.8, 4) is 0 Å². The summed E-state index contributed by atoms with van der Waals surface area (Å²) in [6.07, 6.45) is 12.4. The Bertz CT molecular complexity index is 806. The molecule has 0 saturated heterocycles. The van der Waals surface area contributed by atoms with Gasteiger partial charge in [0.25, 0.3) is 0 Å². The summed E-state index contributed by atoms with van der Waals surface area (Å²) in [5.74, 6) is 2.52. The van der Waals surface area contributed by atoms with Crippen molar-refractivity contribution in [1.82, 2.24) is 0 Å². The molecule has 4 aliphatic rings. The van der Waals surface area contributed by atoms with Gasteiger partial charge in [-0.2, -0.15) is 0 Å². The minimum absolute atomic E-state index is 0.112. The van der Waals surface area contributed by atoms with E-state index in [0.717, 1.165) is 32.1 Å². The van der Waals surface area contributed by atoms with Crippen molar-refractivity contribution < 1.29 is 19.7 Å². The van der Waals surface area contributed by atoms with Crippen LogP contribution in [0.4, 0.5) is 0 Å². The predicted octanol–water partition coefficient (Wildman–Crippen LogP) is 6.29. The van der Waals surface area contributed by atoms with Gasteiger partial charge in [-0.05, 0) is 92.3 Å². The normalized spacial score (nSPS) is 48.2. The smallest absolute Gasteiger partial charge is 0.302 e. The van der Waals surface area contributed by atoms with Gasteiger partial charge in [0.2, 0.25) is 0 Å². The fourth-order valence-electron chi connectivity index (χ4n) is 9.22. The molecule has 0 aromatic rings. The van der Waals surface area contributed by atoms with Crippen LogP contribution in [0.1, 0.15) is 106 Å². The summed E-state index contributed by atoms with van der Waals surface area (Å²) in [6, 6.07) is 0.